The molecule has 5 nitrogen and oxygen atoms in total. The molecule has 14 heavy (non-hydrogen) atoms. The molecular formula is C9H13N3O2. The van der Waals surface area contributed by atoms with E-state index in [4.69, 9.17) is 0 Å². The zero-order chi connectivity index (χ0) is 10.4. The summed E-state index contributed by atoms with van der Waals surface area (Å²) in [7, 11) is 1.37. The molecule has 0 atom stereocenters. The summed E-state index contributed by atoms with van der Waals surface area (Å²) in [5.74, 6) is 0.437. The molecule has 1 aromatic rings. The quantitative estimate of drug-likeness (QED) is 0.718. The predicted molar refractivity (Wildman–Crippen MR) is 51.9 cm³/mol. The number of hydrogen-bond acceptors (Lipinski definition) is 5. The Hall–Kier alpha value is -1.65. The summed E-state index contributed by atoms with van der Waals surface area (Å²) < 4.78 is 4.50. The van der Waals surface area contributed by atoms with E-state index >= 15 is 0 Å². The summed E-state index contributed by atoms with van der Waals surface area (Å²) in [6, 6.07) is 1.87. The van der Waals surface area contributed by atoms with Crippen LogP contribution in [0.5, 0.6) is 0 Å². The summed E-state index contributed by atoms with van der Waals surface area (Å²) in [6.07, 6.45) is 2.00. The number of aromatic nitrogens is 2. The van der Waals surface area contributed by atoms with Crippen LogP contribution in [0.25, 0.3) is 0 Å². The van der Waals surface area contributed by atoms with Crippen molar-refractivity contribution in [3.05, 3.63) is 17.8 Å². The molecule has 0 aliphatic carbocycles. The molecule has 0 radical (unpaired) electrons. The van der Waals surface area contributed by atoms with Crippen molar-refractivity contribution in [3.8, 4) is 0 Å². The first kappa shape index (κ1) is 10.4. The number of aryl methyl sites for hydroxylation is 1. The Morgan fingerprint density at radius 2 is 2.43 bits per heavy atom. The topological polar surface area (TPSA) is 64.1 Å². The summed E-state index contributed by atoms with van der Waals surface area (Å²) in [5.41, 5.74) is 1.03. The maximum atomic E-state index is 10.8. The molecule has 0 saturated carbocycles. The molecule has 1 N–H and O–H groups in total. The Bertz CT molecular complexity index is 315. The van der Waals surface area contributed by atoms with Crippen LogP contribution in [0.2, 0.25) is 0 Å². The molecule has 0 aliphatic heterocycles. The summed E-state index contributed by atoms with van der Waals surface area (Å²) in [4.78, 5) is 10.8. The SMILES string of the molecule is COC(=O)CCNc1cc(C)cnn1. The molecule has 1 rings (SSSR count). The van der Waals surface area contributed by atoms with Crippen LogP contribution in [0.4, 0.5) is 5.82 Å². The molecule has 1 aromatic heterocycles. The molecule has 5 heteroatoms. The smallest absolute Gasteiger partial charge is 0.307 e. The third-order valence-electron chi connectivity index (χ3n) is 1.65. The van der Waals surface area contributed by atoms with Gasteiger partial charge < -0.3 is 10.1 Å². The number of hydrogen-bond donors (Lipinski definition) is 1. The maximum Gasteiger partial charge on any atom is 0.307 e. The molecule has 0 aliphatic rings. The van der Waals surface area contributed by atoms with Crippen molar-refractivity contribution in [3.63, 3.8) is 0 Å². The van der Waals surface area contributed by atoms with Crippen molar-refractivity contribution in [1.29, 1.82) is 0 Å². The number of nitrogens with one attached hydrogen (secondary N) is 1. The second kappa shape index (κ2) is 5.16. The third kappa shape index (κ3) is 3.38. The van der Waals surface area contributed by atoms with Crippen molar-refractivity contribution in [1.82, 2.24) is 10.2 Å². The lowest BCUT2D eigenvalue weighted by Gasteiger charge is -2.03. The highest BCUT2D eigenvalue weighted by atomic mass is 16.5. The molecule has 0 bridgehead atoms. The standard InChI is InChI=1S/C9H13N3O2/c1-7-5-8(12-11-6-7)10-4-3-9(13)14-2/h5-6H,3-4H2,1-2H3,(H,10,12). The monoisotopic (exact) mass is 195 g/mol. The van der Waals surface area contributed by atoms with Crippen molar-refractivity contribution in [2.45, 2.75) is 13.3 Å². The molecule has 0 saturated heterocycles. The lowest BCUT2D eigenvalue weighted by molar-refractivity contribution is -0.140. The van der Waals surface area contributed by atoms with Crippen LogP contribution in [0.1, 0.15) is 12.0 Å². The Labute approximate surface area is 82.5 Å². The van der Waals surface area contributed by atoms with E-state index in [0.717, 1.165) is 5.56 Å². The van der Waals surface area contributed by atoms with Gasteiger partial charge in [-0.05, 0) is 18.6 Å². The van der Waals surface area contributed by atoms with Crippen molar-refractivity contribution < 1.29 is 9.53 Å². The number of carbonyl (C=O) groups is 1. The minimum Gasteiger partial charge on any atom is -0.469 e. The number of rotatable bonds is 4. The molecule has 0 amide bonds. The molecule has 0 fully saturated rings. The zero-order valence-corrected chi connectivity index (χ0v) is 8.28. The van der Waals surface area contributed by atoms with Gasteiger partial charge in [0.1, 0.15) is 5.82 Å². The average molecular weight is 195 g/mol. The van der Waals surface area contributed by atoms with E-state index in [0.29, 0.717) is 18.8 Å². The number of methoxy groups -OCH3 is 1. The van der Waals surface area contributed by atoms with Crippen molar-refractivity contribution >= 4 is 11.8 Å². The van der Waals surface area contributed by atoms with Gasteiger partial charge in [0.15, 0.2) is 0 Å². The highest BCUT2D eigenvalue weighted by molar-refractivity contribution is 5.69. The van der Waals surface area contributed by atoms with E-state index in [1.54, 1.807) is 6.20 Å². The summed E-state index contributed by atoms with van der Waals surface area (Å²) >= 11 is 0. The number of anilines is 1. The lowest BCUT2D eigenvalue weighted by Crippen LogP contribution is -2.10. The Morgan fingerprint density at radius 3 is 3.07 bits per heavy atom. The lowest BCUT2D eigenvalue weighted by atomic mass is 10.3. The number of nitrogens with zero attached hydrogens (tertiary/aromatic N) is 2. The van der Waals surface area contributed by atoms with E-state index in [2.05, 4.69) is 20.3 Å². The van der Waals surface area contributed by atoms with Gasteiger partial charge in [-0.2, -0.15) is 5.10 Å². The normalized spacial score (nSPS) is 9.57. The molecule has 0 spiro atoms. The van der Waals surface area contributed by atoms with Crippen LogP contribution in [-0.4, -0.2) is 29.8 Å². The first-order valence-electron chi connectivity index (χ1n) is 4.32. The van der Waals surface area contributed by atoms with Crippen LogP contribution in [0.15, 0.2) is 12.3 Å². The molecule has 76 valence electrons. The second-order valence-electron chi connectivity index (χ2n) is 2.87. The average Bonchev–Trinajstić information content (AvgIpc) is 2.17. The van der Waals surface area contributed by atoms with Gasteiger partial charge in [0.05, 0.1) is 19.7 Å². The van der Waals surface area contributed by atoms with Crippen molar-refractivity contribution in [2.75, 3.05) is 19.0 Å². The minimum absolute atomic E-state index is 0.238. The third-order valence-corrected chi connectivity index (χ3v) is 1.65. The first-order chi connectivity index (χ1) is 6.72. The maximum absolute atomic E-state index is 10.8. The van der Waals surface area contributed by atoms with Gasteiger partial charge in [0, 0.05) is 6.54 Å². The van der Waals surface area contributed by atoms with E-state index in [1.165, 1.54) is 7.11 Å². The van der Waals surface area contributed by atoms with Gasteiger partial charge in [-0.15, -0.1) is 5.10 Å². The van der Waals surface area contributed by atoms with Gasteiger partial charge in [-0.25, -0.2) is 0 Å². The number of carbonyl (C=O) groups excluding carboxylic acids is 1. The summed E-state index contributed by atoms with van der Waals surface area (Å²) in [6.45, 7) is 2.44. The Morgan fingerprint density at radius 1 is 1.64 bits per heavy atom. The van der Waals surface area contributed by atoms with Gasteiger partial charge in [0.2, 0.25) is 0 Å². The van der Waals surface area contributed by atoms with Crippen LogP contribution >= 0.6 is 0 Å². The van der Waals surface area contributed by atoms with Crippen LogP contribution in [-0.2, 0) is 9.53 Å². The fourth-order valence-corrected chi connectivity index (χ4v) is 0.945. The van der Waals surface area contributed by atoms with Crippen LogP contribution in [0, 0.1) is 6.92 Å². The zero-order valence-electron chi connectivity index (χ0n) is 8.28. The fourth-order valence-electron chi connectivity index (χ4n) is 0.945. The van der Waals surface area contributed by atoms with E-state index < -0.39 is 0 Å². The van der Waals surface area contributed by atoms with E-state index in [1.807, 2.05) is 13.0 Å². The second-order valence-corrected chi connectivity index (χ2v) is 2.87. The fraction of sp³-hybridized carbons (Fsp3) is 0.444. The number of ether oxygens (including phenoxy) is 1. The van der Waals surface area contributed by atoms with Gasteiger partial charge >= 0.3 is 5.97 Å². The first-order valence-corrected chi connectivity index (χ1v) is 4.32. The van der Waals surface area contributed by atoms with Crippen LogP contribution in [0.3, 0.4) is 0 Å². The molecular weight excluding hydrogens is 182 g/mol. The highest BCUT2D eigenvalue weighted by Gasteiger charge is 2.00. The van der Waals surface area contributed by atoms with E-state index in [-0.39, 0.29) is 5.97 Å². The van der Waals surface area contributed by atoms with Gasteiger partial charge in [-0.3, -0.25) is 4.79 Å². The minimum atomic E-state index is -0.238. The van der Waals surface area contributed by atoms with Crippen molar-refractivity contribution in [2.24, 2.45) is 0 Å². The summed E-state index contributed by atoms with van der Waals surface area (Å²) in [5, 5.41) is 10.6. The largest absolute Gasteiger partial charge is 0.469 e. The molecule has 0 unspecified atom stereocenters. The predicted octanol–water partition coefficient (Wildman–Crippen LogP) is 0.760. The Balaban J connectivity index is 2.35. The van der Waals surface area contributed by atoms with Crippen LogP contribution < -0.4 is 5.32 Å². The van der Waals surface area contributed by atoms with Gasteiger partial charge in [-0.1, -0.05) is 0 Å². The van der Waals surface area contributed by atoms with Gasteiger partial charge in [0.25, 0.3) is 0 Å². The molecule has 1 heterocycles. The highest BCUT2D eigenvalue weighted by Crippen LogP contribution is 2.02. The Kier molecular flexibility index (Phi) is 3.84. The molecule has 0 aromatic carbocycles. The number of esters is 1. The van der Waals surface area contributed by atoms with E-state index in [9.17, 15) is 4.79 Å².